The molecule has 0 radical (unpaired) electrons. The summed E-state index contributed by atoms with van der Waals surface area (Å²) >= 11 is 0. The summed E-state index contributed by atoms with van der Waals surface area (Å²) in [6, 6.07) is 0.672. The van der Waals surface area contributed by atoms with Crippen LogP contribution in [-0.4, -0.2) is 42.6 Å². The van der Waals surface area contributed by atoms with E-state index in [4.69, 9.17) is 0 Å². The number of nitrogens with zero attached hydrogens (tertiary/aromatic N) is 3. The molecule has 1 rings (SSSR count). The highest BCUT2D eigenvalue weighted by Gasteiger charge is 2.20. The van der Waals surface area contributed by atoms with E-state index in [1.807, 2.05) is 0 Å². The van der Waals surface area contributed by atoms with Crippen LogP contribution in [0.5, 0.6) is 0 Å². The molecular weight excluding hydrogens is 190 g/mol. The molecule has 0 unspecified atom stereocenters. The predicted octanol–water partition coefficient (Wildman–Crippen LogP) is 2.11. The van der Waals surface area contributed by atoms with E-state index in [0.717, 1.165) is 18.9 Å². The maximum atomic E-state index is 10.2. The molecule has 1 saturated heterocycles. The van der Waals surface area contributed by atoms with Crippen molar-refractivity contribution in [3.05, 3.63) is 4.91 Å². The van der Waals surface area contributed by atoms with Crippen LogP contribution in [0.4, 0.5) is 0 Å². The molecule has 1 aliphatic heterocycles. The second-order valence-electron chi connectivity index (χ2n) is 4.82. The van der Waals surface area contributed by atoms with Crippen LogP contribution < -0.4 is 0 Å². The van der Waals surface area contributed by atoms with Gasteiger partial charge in [0, 0.05) is 19.6 Å². The van der Waals surface area contributed by atoms with E-state index < -0.39 is 0 Å². The normalized spacial score (nSPS) is 19.5. The summed E-state index contributed by atoms with van der Waals surface area (Å²) in [4.78, 5) is 12.7. The lowest BCUT2D eigenvalue weighted by Crippen LogP contribution is -2.38. The molecule has 0 aromatic carbocycles. The Balaban J connectivity index is 2.17. The van der Waals surface area contributed by atoms with Crippen LogP contribution in [0.1, 0.15) is 33.1 Å². The first-order chi connectivity index (χ1) is 7.13. The van der Waals surface area contributed by atoms with Gasteiger partial charge in [-0.05, 0) is 52.1 Å². The van der Waals surface area contributed by atoms with Gasteiger partial charge in [-0.3, -0.25) is 5.01 Å². The van der Waals surface area contributed by atoms with Gasteiger partial charge in [-0.25, -0.2) is 0 Å². The number of hydrogen-bond donors (Lipinski definition) is 0. The molecule has 88 valence electrons. The van der Waals surface area contributed by atoms with Crippen LogP contribution in [0.25, 0.3) is 0 Å². The third kappa shape index (κ3) is 4.16. The van der Waals surface area contributed by atoms with Gasteiger partial charge < -0.3 is 4.90 Å². The van der Waals surface area contributed by atoms with Gasteiger partial charge in [-0.2, -0.15) is 0 Å². The van der Waals surface area contributed by atoms with Crippen molar-refractivity contribution in [3.63, 3.8) is 0 Å². The largest absolute Gasteiger partial charge is 0.301 e. The van der Waals surface area contributed by atoms with Crippen molar-refractivity contribution in [2.75, 3.05) is 26.7 Å². The SMILES string of the molecule is CC(C)N1CCC(CCN(C)N=O)CC1. The van der Waals surface area contributed by atoms with E-state index >= 15 is 0 Å². The zero-order valence-corrected chi connectivity index (χ0v) is 10.1. The smallest absolute Gasteiger partial charge is 0.0521 e. The monoisotopic (exact) mass is 213 g/mol. The van der Waals surface area contributed by atoms with Gasteiger partial charge in [0.2, 0.25) is 0 Å². The van der Waals surface area contributed by atoms with Crippen LogP contribution in [0.3, 0.4) is 0 Å². The first-order valence-electron chi connectivity index (χ1n) is 5.92. The summed E-state index contributed by atoms with van der Waals surface area (Å²) in [6.07, 6.45) is 3.64. The molecule has 0 spiro atoms. The minimum absolute atomic E-state index is 0.672. The fraction of sp³-hybridized carbons (Fsp3) is 1.00. The van der Waals surface area contributed by atoms with E-state index in [0.29, 0.717) is 6.04 Å². The van der Waals surface area contributed by atoms with Crippen molar-refractivity contribution < 1.29 is 0 Å². The van der Waals surface area contributed by atoms with Crippen molar-refractivity contribution >= 4 is 0 Å². The van der Waals surface area contributed by atoms with Crippen LogP contribution >= 0.6 is 0 Å². The van der Waals surface area contributed by atoms with Crippen LogP contribution in [0.2, 0.25) is 0 Å². The Bertz CT molecular complexity index is 188. The molecule has 0 atom stereocenters. The van der Waals surface area contributed by atoms with Crippen LogP contribution in [-0.2, 0) is 0 Å². The van der Waals surface area contributed by atoms with Crippen molar-refractivity contribution in [1.82, 2.24) is 9.91 Å². The zero-order valence-electron chi connectivity index (χ0n) is 10.1. The molecule has 4 nitrogen and oxygen atoms in total. The summed E-state index contributed by atoms with van der Waals surface area (Å²) < 4.78 is 0. The summed E-state index contributed by atoms with van der Waals surface area (Å²) in [5.41, 5.74) is 0. The van der Waals surface area contributed by atoms with Crippen molar-refractivity contribution in [2.24, 2.45) is 11.2 Å². The van der Waals surface area contributed by atoms with E-state index in [9.17, 15) is 4.91 Å². The van der Waals surface area contributed by atoms with E-state index in [1.165, 1.54) is 30.9 Å². The zero-order chi connectivity index (χ0) is 11.3. The predicted molar refractivity (Wildman–Crippen MR) is 62.5 cm³/mol. The standard InChI is InChI=1S/C11H23N3O/c1-10(2)14-8-5-11(6-9-14)4-7-13(3)12-15/h10-11H,4-9H2,1-3H3. The Morgan fingerprint density at radius 3 is 2.47 bits per heavy atom. The second kappa shape index (κ2) is 6.05. The van der Waals surface area contributed by atoms with E-state index in [2.05, 4.69) is 24.0 Å². The lowest BCUT2D eigenvalue weighted by molar-refractivity contribution is 0.139. The molecule has 0 saturated carbocycles. The number of likely N-dealkylation sites (tertiary alicyclic amines) is 1. The van der Waals surface area contributed by atoms with Crippen LogP contribution in [0.15, 0.2) is 5.29 Å². The molecular formula is C11H23N3O. The topological polar surface area (TPSA) is 35.9 Å². The van der Waals surface area contributed by atoms with Gasteiger partial charge in [0.1, 0.15) is 0 Å². The number of hydrogen-bond acceptors (Lipinski definition) is 3. The first-order valence-corrected chi connectivity index (χ1v) is 5.92. The molecule has 0 aliphatic carbocycles. The summed E-state index contributed by atoms with van der Waals surface area (Å²) in [5.74, 6) is 0.782. The van der Waals surface area contributed by atoms with Gasteiger partial charge >= 0.3 is 0 Å². The number of piperidine rings is 1. The van der Waals surface area contributed by atoms with Crippen molar-refractivity contribution in [3.8, 4) is 0 Å². The molecule has 0 amide bonds. The van der Waals surface area contributed by atoms with E-state index in [1.54, 1.807) is 7.05 Å². The maximum absolute atomic E-state index is 10.2. The fourth-order valence-electron chi connectivity index (χ4n) is 2.17. The quantitative estimate of drug-likeness (QED) is 0.518. The van der Waals surface area contributed by atoms with Crippen LogP contribution in [0, 0.1) is 10.8 Å². The highest BCUT2D eigenvalue weighted by atomic mass is 16.3. The Labute approximate surface area is 92.6 Å². The minimum Gasteiger partial charge on any atom is -0.301 e. The molecule has 15 heavy (non-hydrogen) atoms. The third-order valence-electron chi connectivity index (χ3n) is 3.38. The molecule has 0 aromatic rings. The molecule has 0 N–H and O–H groups in total. The molecule has 4 heteroatoms. The van der Waals surface area contributed by atoms with Gasteiger partial charge in [0.05, 0.1) is 5.29 Å². The Kier molecular flexibility index (Phi) is 5.02. The summed E-state index contributed by atoms with van der Waals surface area (Å²) in [6.45, 7) is 7.73. The Morgan fingerprint density at radius 1 is 1.40 bits per heavy atom. The van der Waals surface area contributed by atoms with Gasteiger partial charge in [0.15, 0.2) is 0 Å². The highest BCUT2D eigenvalue weighted by molar-refractivity contribution is 4.74. The van der Waals surface area contributed by atoms with Crippen molar-refractivity contribution in [2.45, 2.75) is 39.2 Å². The first kappa shape index (κ1) is 12.4. The summed E-state index contributed by atoms with van der Waals surface area (Å²) in [7, 11) is 1.75. The lowest BCUT2D eigenvalue weighted by Gasteiger charge is -2.34. The molecule has 0 bridgehead atoms. The maximum Gasteiger partial charge on any atom is 0.0521 e. The number of rotatable bonds is 5. The molecule has 1 fully saturated rings. The second-order valence-corrected chi connectivity index (χ2v) is 4.82. The van der Waals surface area contributed by atoms with Gasteiger partial charge in [-0.15, -0.1) is 4.91 Å². The van der Waals surface area contributed by atoms with E-state index in [-0.39, 0.29) is 0 Å². The fourth-order valence-corrected chi connectivity index (χ4v) is 2.17. The molecule has 0 aromatic heterocycles. The minimum atomic E-state index is 0.672. The molecule has 1 aliphatic rings. The third-order valence-corrected chi connectivity index (χ3v) is 3.38. The molecule has 1 heterocycles. The Hall–Kier alpha value is -0.640. The van der Waals surface area contributed by atoms with Gasteiger partial charge in [0.25, 0.3) is 0 Å². The average Bonchev–Trinajstić information content (AvgIpc) is 2.26. The number of nitroso groups, excluding NO2 is 1. The summed E-state index contributed by atoms with van der Waals surface area (Å²) in [5, 5.41) is 4.38. The average molecular weight is 213 g/mol. The Morgan fingerprint density at radius 2 is 2.00 bits per heavy atom. The highest BCUT2D eigenvalue weighted by Crippen LogP contribution is 2.21. The lowest BCUT2D eigenvalue weighted by atomic mass is 9.93. The van der Waals surface area contributed by atoms with Gasteiger partial charge in [-0.1, -0.05) is 0 Å². The van der Waals surface area contributed by atoms with Crippen molar-refractivity contribution in [1.29, 1.82) is 0 Å².